The Balaban J connectivity index is 1.71. The molecule has 3 fully saturated rings. The average Bonchev–Trinajstić information content (AvgIpc) is 3.21. The molecule has 0 saturated carbocycles. The predicted octanol–water partition coefficient (Wildman–Crippen LogP) is 0.568. The number of hydrogen-bond acceptors (Lipinski definition) is 7. The number of carbonyl (C=O) groups is 1. The minimum absolute atomic E-state index is 0.445. The minimum atomic E-state index is -1.05. The Kier molecular flexibility index (Phi) is 4.27. The molecule has 8 nitrogen and oxygen atoms in total. The number of ether oxygens (including phenoxy) is 1. The molecule has 3 saturated heterocycles. The Morgan fingerprint density at radius 2 is 2.00 bits per heavy atom. The summed E-state index contributed by atoms with van der Waals surface area (Å²) in [7, 11) is 2.17. The summed E-state index contributed by atoms with van der Waals surface area (Å²) < 4.78 is 5.46. The van der Waals surface area contributed by atoms with Crippen molar-refractivity contribution >= 4 is 17.7 Å². The van der Waals surface area contributed by atoms with Gasteiger partial charge in [-0.1, -0.05) is 0 Å². The number of rotatable bonds is 4. The monoisotopic (exact) mass is 361 g/mol. The second kappa shape index (κ2) is 6.35. The van der Waals surface area contributed by atoms with Gasteiger partial charge in [-0.15, -0.1) is 0 Å². The van der Waals surface area contributed by atoms with Crippen LogP contribution in [0, 0.1) is 0 Å². The lowest BCUT2D eigenvalue weighted by Gasteiger charge is -2.35. The van der Waals surface area contributed by atoms with E-state index in [1.54, 1.807) is 20.0 Å². The molecule has 2 bridgehead atoms. The Labute approximate surface area is 153 Å². The highest BCUT2D eigenvalue weighted by Crippen LogP contribution is 2.36. The summed E-state index contributed by atoms with van der Waals surface area (Å²) in [5.74, 6) is 0.587. The lowest BCUT2D eigenvalue weighted by Crippen LogP contribution is -2.46. The highest BCUT2D eigenvalue weighted by atomic mass is 16.5. The van der Waals surface area contributed by atoms with Crippen LogP contribution in [-0.2, 0) is 14.9 Å². The number of aromatic nitrogens is 2. The maximum atomic E-state index is 11.8. The van der Waals surface area contributed by atoms with E-state index in [2.05, 4.69) is 26.7 Å². The highest BCUT2D eigenvalue weighted by Gasteiger charge is 2.43. The molecule has 1 aromatic rings. The first-order valence-corrected chi connectivity index (χ1v) is 9.28. The van der Waals surface area contributed by atoms with E-state index >= 15 is 0 Å². The molecule has 1 N–H and O–H groups in total. The van der Waals surface area contributed by atoms with E-state index in [1.165, 1.54) is 0 Å². The van der Waals surface area contributed by atoms with Gasteiger partial charge >= 0.3 is 5.97 Å². The molecular formula is C18H27N5O3. The van der Waals surface area contributed by atoms with Crippen LogP contribution < -0.4 is 9.80 Å². The maximum Gasteiger partial charge on any atom is 0.313 e. The van der Waals surface area contributed by atoms with E-state index in [0.717, 1.165) is 31.3 Å². The Morgan fingerprint density at radius 3 is 2.58 bits per heavy atom. The molecule has 3 aliphatic heterocycles. The quantitative estimate of drug-likeness (QED) is 0.833. The summed E-state index contributed by atoms with van der Waals surface area (Å²) in [5, 5.41) is 9.70. The van der Waals surface area contributed by atoms with Crippen LogP contribution >= 0.6 is 0 Å². The topological polar surface area (TPSA) is 82.0 Å². The van der Waals surface area contributed by atoms with E-state index in [0.29, 0.717) is 44.0 Å². The van der Waals surface area contributed by atoms with Crippen LogP contribution in [-0.4, -0.2) is 84.5 Å². The zero-order valence-corrected chi connectivity index (χ0v) is 15.7. The molecule has 0 unspecified atom stereocenters. The zero-order valence-electron chi connectivity index (χ0n) is 15.7. The number of anilines is 2. The van der Waals surface area contributed by atoms with Crippen LogP contribution in [0.15, 0.2) is 6.20 Å². The zero-order chi connectivity index (χ0) is 18.5. The second-order valence-corrected chi connectivity index (χ2v) is 8.07. The molecule has 2 atom stereocenters. The summed E-state index contributed by atoms with van der Waals surface area (Å²) in [5.41, 5.74) is -0.381. The standard InChI is InChI=1S/C18H27N5O3/c1-18(2,16(24)25)14-9-19-17(20-15(14)22-4-6-26-7-5-22)23-11-12-8-13(23)10-21(12)3/h9,12-13H,4-8,10-11H2,1-3H3,(H,24,25)/t12-,13-/m0/s1. The first-order valence-electron chi connectivity index (χ1n) is 9.28. The largest absolute Gasteiger partial charge is 0.481 e. The molecule has 26 heavy (non-hydrogen) atoms. The normalized spacial score (nSPS) is 26.6. The lowest BCUT2D eigenvalue weighted by molar-refractivity contribution is -0.142. The van der Waals surface area contributed by atoms with Crippen LogP contribution in [0.25, 0.3) is 0 Å². The summed E-state index contributed by atoms with van der Waals surface area (Å²) in [4.78, 5) is 28.1. The number of carboxylic acids is 1. The van der Waals surface area contributed by atoms with Crippen molar-refractivity contribution in [3.63, 3.8) is 0 Å². The van der Waals surface area contributed by atoms with Crippen LogP contribution in [0.3, 0.4) is 0 Å². The van der Waals surface area contributed by atoms with E-state index in [9.17, 15) is 9.90 Å². The van der Waals surface area contributed by atoms with Crippen molar-refractivity contribution in [3.8, 4) is 0 Å². The molecule has 4 heterocycles. The van der Waals surface area contributed by atoms with Crippen molar-refractivity contribution in [3.05, 3.63) is 11.8 Å². The molecule has 142 valence electrons. The number of piperazine rings is 1. The summed E-state index contributed by atoms with van der Waals surface area (Å²) in [6.07, 6.45) is 2.87. The van der Waals surface area contributed by atoms with Gasteiger partial charge in [0.05, 0.1) is 18.6 Å². The molecule has 0 amide bonds. The molecule has 0 spiro atoms. The number of fused-ring (bicyclic) bond motifs is 2. The Morgan fingerprint density at radius 1 is 1.27 bits per heavy atom. The van der Waals surface area contributed by atoms with Crippen LogP contribution in [0.4, 0.5) is 11.8 Å². The van der Waals surface area contributed by atoms with Crippen molar-refractivity contribution < 1.29 is 14.6 Å². The number of nitrogens with zero attached hydrogens (tertiary/aromatic N) is 5. The first-order chi connectivity index (χ1) is 12.4. The fourth-order valence-corrected chi connectivity index (χ4v) is 4.19. The van der Waals surface area contributed by atoms with Gasteiger partial charge in [0.2, 0.25) is 5.95 Å². The molecule has 1 aromatic heterocycles. The van der Waals surface area contributed by atoms with E-state index < -0.39 is 11.4 Å². The number of likely N-dealkylation sites (N-methyl/N-ethyl adjacent to an activating group) is 1. The number of morpholine rings is 1. The van der Waals surface area contributed by atoms with Crippen LogP contribution in [0.5, 0.6) is 0 Å². The second-order valence-electron chi connectivity index (χ2n) is 8.07. The Hall–Kier alpha value is -1.93. The van der Waals surface area contributed by atoms with Crippen LogP contribution in [0.2, 0.25) is 0 Å². The van der Waals surface area contributed by atoms with Crippen molar-refractivity contribution in [2.24, 2.45) is 0 Å². The van der Waals surface area contributed by atoms with Crippen molar-refractivity contribution in [2.45, 2.75) is 37.8 Å². The predicted molar refractivity (Wildman–Crippen MR) is 97.9 cm³/mol. The van der Waals surface area contributed by atoms with Crippen molar-refractivity contribution in [2.75, 3.05) is 56.2 Å². The van der Waals surface area contributed by atoms with Gasteiger partial charge < -0.3 is 19.6 Å². The van der Waals surface area contributed by atoms with Gasteiger partial charge in [-0.05, 0) is 27.3 Å². The van der Waals surface area contributed by atoms with E-state index in [4.69, 9.17) is 9.72 Å². The third-order valence-electron chi connectivity index (χ3n) is 6.05. The number of aliphatic carboxylic acids is 1. The SMILES string of the molecule is CN1C[C@@H]2C[C@H]1CN2c1ncc(C(C)(C)C(=O)O)c(N2CCOCC2)n1. The van der Waals surface area contributed by atoms with Gasteiger partial charge in [0, 0.05) is 50.0 Å². The van der Waals surface area contributed by atoms with Gasteiger partial charge in [0.15, 0.2) is 0 Å². The fourth-order valence-electron chi connectivity index (χ4n) is 4.19. The molecular weight excluding hydrogens is 334 g/mol. The average molecular weight is 361 g/mol. The number of hydrogen-bond donors (Lipinski definition) is 1. The Bertz CT molecular complexity index is 702. The molecule has 0 radical (unpaired) electrons. The van der Waals surface area contributed by atoms with Gasteiger partial charge in [0.1, 0.15) is 5.82 Å². The van der Waals surface area contributed by atoms with E-state index in [-0.39, 0.29) is 0 Å². The number of likely N-dealkylation sites (tertiary alicyclic amines) is 1. The van der Waals surface area contributed by atoms with Gasteiger partial charge in [-0.2, -0.15) is 4.98 Å². The summed E-state index contributed by atoms with van der Waals surface area (Å²) >= 11 is 0. The highest BCUT2D eigenvalue weighted by molar-refractivity contribution is 5.82. The summed E-state index contributed by atoms with van der Waals surface area (Å²) in [6, 6.07) is 1.01. The third-order valence-corrected chi connectivity index (χ3v) is 6.05. The first kappa shape index (κ1) is 17.5. The van der Waals surface area contributed by atoms with Gasteiger partial charge in [-0.3, -0.25) is 9.69 Å². The van der Waals surface area contributed by atoms with E-state index in [1.807, 2.05) is 0 Å². The summed E-state index contributed by atoms with van der Waals surface area (Å²) in [6.45, 7) is 8.09. The lowest BCUT2D eigenvalue weighted by atomic mass is 9.85. The molecule has 3 aliphatic rings. The molecule has 4 rings (SSSR count). The van der Waals surface area contributed by atoms with Gasteiger partial charge in [0.25, 0.3) is 0 Å². The molecule has 0 aromatic carbocycles. The van der Waals surface area contributed by atoms with Crippen molar-refractivity contribution in [1.29, 1.82) is 0 Å². The molecule has 8 heteroatoms. The fraction of sp³-hybridized carbons (Fsp3) is 0.722. The minimum Gasteiger partial charge on any atom is -0.481 e. The van der Waals surface area contributed by atoms with Crippen molar-refractivity contribution in [1.82, 2.24) is 14.9 Å². The smallest absolute Gasteiger partial charge is 0.313 e. The molecule has 0 aliphatic carbocycles. The number of carboxylic acid groups (broad SMARTS) is 1. The maximum absolute atomic E-state index is 11.8. The van der Waals surface area contributed by atoms with Crippen LogP contribution in [0.1, 0.15) is 25.8 Å². The van der Waals surface area contributed by atoms with Gasteiger partial charge in [-0.25, -0.2) is 4.98 Å². The third kappa shape index (κ3) is 2.81.